The number of benzene rings is 2. The van der Waals surface area contributed by atoms with E-state index in [1.807, 2.05) is 12.3 Å². The van der Waals surface area contributed by atoms with Gasteiger partial charge in [-0.2, -0.15) is 11.8 Å². The number of halogens is 1. The summed E-state index contributed by atoms with van der Waals surface area (Å²) in [7, 11) is 0. The number of thioether (sulfide) groups is 1. The van der Waals surface area contributed by atoms with Gasteiger partial charge in [-0.25, -0.2) is 4.39 Å². The second kappa shape index (κ2) is 6.57. The number of fused-ring (bicyclic) bond motifs is 1. The molecular formula is C15H16FNOS. The molecule has 0 aliphatic heterocycles. The summed E-state index contributed by atoms with van der Waals surface area (Å²) < 4.78 is 13.6. The average molecular weight is 277 g/mol. The Morgan fingerprint density at radius 1 is 1.21 bits per heavy atom. The second-order valence-electron chi connectivity index (χ2n) is 4.24. The summed E-state index contributed by atoms with van der Waals surface area (Å²) in [5.41, 5.74) is 0.529. The molecule has 0 spiro atoms. The summed E-state index contributed by atoms with van der Waals surface area (Å²) in [6.45, 7) is 0.644. The lowest BCUT2D eigenvalue weighted by atomic mass is 10.0. The van der Waals surface area contributed by atoms with Gasteiger partial charge in [0.2, 0.25) is 0 Å². The van der Waals surface area contributed by atoms with Gasteiger partial charge in [0.25, 0.3) is 5.91 Å². The van der Waals surface area contributed by atoms with E-state index in [9.17, 15) is 9.18 Å². The maximum absolute atomic E-state index is 13.6. The van der Waals surface area contributed by atoms with Crippen molar-refractivity contribution < 1.29 is 9.18 Å². The maximum Gasteiger partial charge on any atom is 0.251 e. The van der Waals surface area contributed by atoms with Gasteiger partial charge in [-0.15, -0.1) is 0 Å². The van der Waals surface area contributed by atoms with Crippen molar-refractivity contribution in [1.82, 2.24) is 5.32 Å². The quantitative estimate of drug-likeness (QED) is 0.848. The topological polar surface area (TPSA) is 29.1 Å². The van der Waals surface area contributed by atoms with Crippen LogP contribution in [0.2, 0.25) is 0 Å². The summed E-state index contributed by atoms with van der Waals surface area (Å²) in [5, 5.41) is 4.01. The summed E-state index contributed by atoms with van der Waals surface area (Å²) in [5.74, 6) is 0.580. The van der Waals surface area contributed by atoms with Gasteiger partial charge in [-0.1, -0.05) is 24.3 Å². The molecule has 0 fully saturated rings. The van der Waals surface area contributed by atoms with E-state index >= 15 is 0 Å². The number of hydrogen-bond acceptors (Lipinski definition) is 2. The highest BCUT2D eigenvalue weighted by molar-refractivity contribution is 7.98. The van der Waals surface area contributed by atoms with Crippen molar-refractivity contribution in [1.29, 1.82) is 0 Å². The van der Waals surface area contributed by atoms with E-state index < -0.39 is 0 Å². The minimum atomic E-state index is -0.297. The summed E-state index contributed by atoms with van der Waals surface area (Å²) >= 11 is 1.75. The van der Waals surface area contributed by atoms with Crippen LogP contribution < -0.4 is 5.32 Å². The van der Waals surface area contributed by atoms with Crippen LogP contribution in [-0.4, -0.2) is 24.5 Å². The fraction of sp³-hybridized carbons (Fsp3) is 0.267. The SMILES string of the molecule is CSCCCNC(=O)c1ccc(F)c2ccccc12. The van der Waals surface area contributed by atoms with Crippen LogP contribution in [0.25, 0.3) is 10.8 Å². The van der Waals surface area contributed by atoms with Crippen LogP contribution in [0.3, 0.4) is 0 Å². The van der Waals surface area contributed by atoms with Crippen molar-refractivity contribution in [2.75, 3.05) is 18.6 Å². The Labute approximate surface area is 116 Å². The Morgan fingerprint density at radius 2 is 1.95 bits per heavy atom. The van der Waals surface area contributed by atoms with Gasteiger partial charge < -0.3 is 5.32 Å². The highest BCUT2D eigenvalue weighted by Gasteiger charge is 2.11. The predicted octanol–water partition coefficient (Wildman–Crippen LogP) is 3.46. The number of rotatable bonds is 5. The molecule has 1 amide bonds. The third kappa shape index (κ3) is 3.26. The molecule has 2 nitrogen and oxygen atoms in total. The first-order valence-electron chi connectivity index (χ1n) is 6.18. The number of hydrogen-bond donors (Lipinski definition) is 1. The van der Waals surface area contributed by atoms with Crippen LogP contribution in [0.4, 0.5) is 4.39 Å². The molecule has 0 aliphatic carbocycles. The molecule has 0 atom stereocenters. The molecule has 2 aromatic carbocycles. The smallest absolute Gasteiger partial charge is 0.251 e. The van der Waals surface area contributed by atoms with Gasteiger partial charge in [0, 0.05) is 17.5 Å². The largest absolute Gasteiger partial charge is 0.352 e. The zero-order valence-electron chi connectivity index (χ0n) is 10.8. The zero-order valence-corrected chi connectivity index (χ0v) is 11.6. The van der Waals surface area contributed by atoms with Gasteiger partial charge in [0.15, 0.2) is 0 Å². The van der Waals surface area contributed by atoms with Crippen molar-refractivity contribution in [2.24, 2.45) is 0 Å². The molecule has 1 N–H and O–H groups in total. The van der Waals surface area contributed by atoms with Crippen LogP contribution >= 0.6 is 11.8 Å². The zero-order chi connectivity index (χ0) is 13.7. The Bertz CT molecular complexity index is 585. The Hall–Kier alpha value is -1.55. The lowest BCUT2D eigenvalue weighted by Gasteiger charge is -2.08. The molecule has 0 saturated carbocycles. The monoisotopic (exact) mass is 277 g/mol. The van der Waals surface area contributed by atoms with E-state index in [0.29, 0.717) is 22.9 Å². The summed E-state index contributed by atoms with van der Waals surface area (Å²) in [6.07, 6.45) is 2.97. The molecule has 0 heterocycles. The third-order valence-electron chi connectivity index (χ3n) is 2.93. The summed E-state index contributed by atoms with van der Waals surface area (Å²) in [6, 6.07) is 9.93. The Kier molecular flexibility index (Phi) is 4.80. The fourth-order valence-corrected chi connectivity index (χ4v) is 2.41. The van der Waals surface area contributed by atoms with Crippen LogP contribution in [0.15, 0.2) is 36.4 Å². The van der Waals surface area contributed by atoms with E-state index in [4.69, 9.17) is 0 Å². The second-order valence-corrected chi connectivity index (χ2v) is 5.23. The lowest BCUT2D eigenvalue weighted by molar-refractivity contribution is 0.0955. The molecule has 0 radical (unpaired) electrons. The lowest BCUT2D eigenvalue weighted by Crippen LogP contribution is -2.25. The number of carbonyl (C=O) groups is 1. The molecule has 2 aromatic rings. The van der Waals surface area contributed by atoms with Crippen molar-refractivity contribution in [3.63, 3.8) is 0 Å². The van der Waals surface area contributed by atoms with Crippen molar-refractivity contribution in [3.05, 3.63) is 47.8 Å². The highest BCUT2D eigenvalue weighted by Crippen LogP contribution is 2.21. The third-order valence-corrected chi connectivity index (χ3v) is 3.62. The van der Waals surface area contributed by atoms with Gasteiger partial charge in [-0.05, 0) is 35.9 Å². The van der Waals surface area contributed by atoms with E-state index in [2.05, 4.69) is 5.32 Å². The molecular weight excluding hydrogens is 261 g/mol. The highest BCUT2D eigenvalue weighted by atomic mass is 32.2. The number of carbonyl (C=O) groups excluding carboxylic acids is 1. The first-order valence-corrected chi connectivity index (χ1v) is 7.58. The summed E-state index contributed by atoms with van der Waals surface area (Å²) in [4.78, 5) is 12.1. The molecule has 4 heteroatoms. The van der Waals surface area contributed by atoms with E-state index in [1.165, 1.54) is 6.07 Å². The predicted molar refractivity (Wildman–Crippen MR) is 79.2 cm³/mol. The maximum atomic E-state index is 13.6. The van der Waals surface area contributed by atoms with Gasteiger partial charge in [0.05, 0.1) is 0 Å². The minimum Gasteiger partial charge on any atom is -0.352 e. The van der Waals surface area contributed by atoms with Crippen molar-refractivity contribution in [2.45, 2.75) is 6.42 Å². The Morgan fingerprint density at radius 3 is 2.68 bits per heavy atom. The van der Waals surface area contributed by atoms with Gasteiger partial charge in [0.1, 0.15) is 5.82 Å². The minimum absolute atomic E-state index is 0.141. The van der Waals surface area contributed by atoms with Crippen molar-refractivity contribution >= 4 is 28.4 Å². The average Bonchev–Trinajstić information content (AvgIpc) is 2.44. The first kappa shape index (κ1) is 13.9. The van der Waals surface area contributed by atoms with Gasteiger partial charge in [-0.3, -0.25) is 4.79 Å². The van der Waals surface area contributed by atoms with E-state index in [1.54, 1.807) is 36.0 Å². The molecule has 2 rings (SSSR count). The standard InChI is InChI=1S/C15H16FNOS/c1-19-10-4-9-17-15(18)13-7-8-14(16)12-6-3-2-5-11(12)13/h2-3,5-8H,4,9-10H2,1H3,(H,17,18). The molecule has 0 aliphatic rings. The Balaban J connectivity index is 2.20. The molecule has 19 heavy (non-hydrogen) atoms. The van der Waals surface area contributed by atoms with Crippen LogP contribution in [0.5, 0.6) is 0 Å². The normalized spacial score (nSPS) is 10.6. The molecule has 0 unspecified atom stereocenters. The molecule has 0 bridgehead atoms. The fourth-order valence-electron chi connectivity index (χ4n) is 1.97. The van der Waals surface area contributed by atoms with E-state index in [0.717, 1.165) is 12.2 Å². The number of amides is 1. The number of nitrogens with one attached hydrogen (secondary N) is 1. The molecule has 0 aromatic heterocycles. The van der Waals surface area contributed by atoms with Gasteiger partial charge >= 0.3 is 0 Å². The van der Waals surface area contributed by atoms with Crippen LogP contribution in [0, 0.1) is 5.82 Å². The molecule has 100 valence electrons. The van der Waals surface area contributed by atoms with Crippen LogP contribution in [-0.2, 0) is 0 Å². The van der Waals surface area contributed by atoms with Crippen molar-refractivity contribution in [3.8, 4) is 0 Å². The first-order chi connectivity index (χ1) is 9.24. The van der Waals surface area contributed by atoms with Crippen LogP contribution in [0.1, 0.15) is 16.8 Å². The van der Waals surface area contributed by atoms with E-state index in [-0.39, 0.29) is 11.7 Å². The molecule has 0 saturated heterocycles.